The van der Waals surface area contributed by atoms with Crippen LogP contribution in [0.1, 0.15) is 362 Å². The summed E-state index contributed by atoms with van der Waals surface area (Å²) in [5.74, 6) is 0.880. The molecule has 416 valence electrons. The van der Waals surface area contributed by atoms with Crippen LogP contribution in [0.15, 0.2) is 0 Å². The molecule has 0 aromatic heterocycles. The van der Waals surface area contributed by atoms with Gasteiger partial charge in [-0.05, 0) is 31.1 Å². The van der Waals surface area contributed by atoms with E-state index in [9.17, 15) is 14.4 Å². The predicted octanol–water partition coefficient (Wildman–Crippen LogP) is 21.2. The first-order chi connectivity index (χ1) is 34.2. The fourth-order valence-corrected chi connectivity index (χ4v) is 9.93. The number of unbranched alkanes of at least 4 members (excludes halogenated alkanes) is 43. The summed E-state index contributed by atoms with van der Waals surface area (Å²) < 4.78 is 16.9. The van der Waals surface area contributed by atoms with Crippen LogP contribution in [0.25, 0.3) is 0 Å². The minimum absolute atomic E-state index is 0.0618. The van der Waals surface area contributed by atoms with Gasteiger partial charge in [0.15, 0.2) is 6.10 Å². The van der Waals surface area contributed by atoms with E-state index in [0.29, 0.717) is 19.3 Å². The molecule has 6 nitrogen and oxygen atoms in total. The smallest absolute Gasteiger partial charge is 0.306 e. The molecule has 0 aliphatic rings. The van der Waals surface area contributed by atoms with Gasteiger partial charge >= 0.3 is 17.9 Å². The van der Waals surface area contributed by atoms with E-state index in [-0.39, 0.29) is 31.1 Å². The highest BCUT2D eigenvalue weighted by atomic mass is 16.6. The largest absolute Gasteiger partial charge is 0.462 e. The van der Waals surface area contributed by atoms with Crippen molar-refractivity contribution in [3.05, 3.63) is 0 Å². The van der Waals surface area contributed by atoms with Crippen LogP contribution in [-0.2, 0) is 28.6 Å². The van der Waals surface area contributed by atoms with Crippen LogP contribution in [-0.4, -0.2) is 37.2 Å². The molecular formula is C64H124O6. The third-order valence-electron chi connectivity index (χ3n) is 14.7. The Labute approximate surface area is 438 Å². The molecule has 0 aliphatic heterocycles. The molecule has 1 atom stereocenters. The number of rotatable bonds is 58. The number of carbonyl (C=O) groups is 3. The summed E-state index contributed by atoms with van der Waals surface area (Å²) in [7, 11) is 0. The van der Waals surface area contributed by atoms with E-state index in [1.165, 1.54) is 250 Å². The lowest BCUT2D eigenvalue weighted by atomic mass is 10.0. The first-order valence-corrected chi connectivity index (χ1v) is 31.7. The third kappa shape index (κ3) is 57.3. The first-order valence-electron chi connectivity index (χ1n) is 31.7. The normalized spacial score (nSPS) is 12.0. The van der Waals surface area contributed by atoms with E-state index in [1.807, 2.05) is 0 Å². The topological polar surface area (TPSA) is 78.9 Å². The van der Waals surface area contributed by atoms with Crippen LogP contribution in [0, 0.1) is 11.8 Å². The first kappa shape index (κ1) is 68.4. The van der Waals surface area contributed by atoms with Gasteiger partial charge in [-0.15, -0.1) is 0 Å². The molecule has 0 aliphatic carbocycles. The van der Waals surface area contributed by atoms with Gasteiger partial charge in [-0.1, -0.05) is 324 Å². The summed E-state index contributed by atoms with van der Waals surface area (Å²) >= 11 is 0. The van der Waals surface area contributed by atoms with Crippen molar-refractivity contribution in [3.63, 3.8) is 0 Å². The molecule has 0 saturated carbocycles. The Bertz CT molecular complexity index is 1070. The summed E-state index contributed by atoms with van der Waals surface area (Å²) in [6, 6.07) is 0. The summed E-state index contributed by atoms with van der Waals surface area (Å²) in [4.78, 5) is 38.2. The highest BCUT2D eigenvalue weighted by Gasteiger charge is 2.19. The Hall–Kier alpha value is -1.59. The van der Waals surface area contributed by atoms with Crippen LogP contribution in [0.5, 0.6) is 0 Å². The molecule has 0 amide bonds. The monoisotopic (exact) mass is 989 g/mol. The molecule has 6 heteroatoms. The second-order valence-corrected chi connectivity index (χ2v) is 23.0. The Morgan fingerprint density at radius 3 is 0.700 bits per heavy atom. The van der Waals surface area contributed by atoms with Gasteiger partial charge in [-0.25, -0.2) is 0 Å². The van der Waals surface area contributed by atoms with Crippen LogP contribution in [0.2, 0.25) is 0 Å². The van der Waals surface area contributed by atoms with E-state index >= 15 is 0 Å². The maximum atomic E-state index is 12.9. The van der Waals surface area contributed by atoms with Crippen LogP contribution in [0.4, 0.5) is 0 Å². The number of esters is 3. The zero-order chi connectivity index (χ0) is 51.1. The lowest BCUT2D eigenvalue weighted by Gasteiger charge is -2.18. The minimum atomic E-state index is -0.763. The zero-order valence-electron chi connectivity index (χ0n) is 48.2. The Balaban J connectivity index is 4.21. The Morgan fingerprint density at radius 2 is 0.471 bits per heavy atom. The summed E-state index contributed by atoms with van der Waals surface area (Å²) in [5.41, 5.74) is 0. The van der Waals surface area contributed by atoms with Crippen molar-refractivity contribution in [2.75, 3.05) is 13.2 Å². The predicted molar refractivity (Wildman–Crippen MR) is 303 cm³/mol. The molecule has 70 heavy (non-hydrogen) atoms. The summed E-state index contributed by atoms with van der Waals surface area (Å²) in [6.45, 7) is 11.5. The molecule has 0 unspecified atom stereocenters. The van der Waals surface area contributed by atoms with Gasteiger partial charge in [0.05, 0.1) is 0 Å². The van der Waals surface area contributed by atoms with Crippen molar-refractivity contribution in [2.24, 2.45) is 11.8 Å². The molecule has 0 spiro atoms. The maximum Gasteiger partial charge on any atom is 0.306 e. The number of hydrogen-bond acceptors (Lipinski definition) is 6. The number of carbonyl (C=O) groups excluding carboxylic acids is 3. The molecule has 0 radical (unpaired) electrons. The summed E-state index contributed by atoms with van der Waals surface area (Å²) in [5, 5.41) is 0. The highest BCUT2D eigenvalue weighted by molar-refractivity contribution is 5.71. The van der Waals surface area contributed by atoms with Crippen molar-refractivity contribution < 1.29 is 28.6 Å². The maximum absolute atomic E-state index is 12.9. The number of hydrogen-bond donors (Lipinski definition) is 0. The van der Waals surface area contributed by atoms with Crippen LogP contribution < -0.4 is 0 Å². The van der Waals surface area contributed by atoms with Crippen LogP contribution in [0.3, 0.4) is 0 Å². The van der Waals surface area contributed by atoms with Crippen molar-refractivity contribution in [1.82, 2.24) is 0 Å². The van der Waals surface area contributed by atoms with E-state index < -0.39 is 6.10 Å². The molecule has 0 N–H and O–H groups in total. The molecule has 0 bridgehead atoms. The summed E-state index contributed by atoms with van der Waals surface area (Å²) in [6.07, 6.45) is 62.5. The Kier molecular flexibility index (Phi) is 55.4. The van der Waals surface area contributed by atoms with Crippen molar-refractivity contribution in [3.8, 4) is 0 Å². The molecule has 0 rings (SSSR count). The van der Waals surface area contributed by atoms with Crippen molar-refractivity contribution in [1.29, 1.82) is 0 Å². The fourth-order valence-electron chi connectivity index (χ4n) is 9.93. The van der Waals surface area contributed by atoms with Crippen molar-refractivity contribution in [2.45, 2.75) is 368 Å². The molecular weight excluding hydrogens is 865 g/mol. The molecule has 0 aromatic carbocycles. The second kappa shape index (κ2) is 56.7. The van der Waals surface area contributed by atoms with Gasteiger partial charge in [0.25, 0.3) is 0 Å². The fraction of sp³-hybridized carbons (Fsp3) is 0.953. The van der Waals surface area contributed by atoms with Gasteiger partial charge < -0.3 is 14.2 Å². The molecule has 0 fully saturated rings. The van der Waals surface area contributed by atoms with E-state index in [0.717, 1.165) is 69.6 Å². The van der Waals surface area contributed by atoms with Gasteiger partial charge in [0.1, 0.15) is 13.2 Å². The highest BCUT2D eigenvalue weighted by Crippen LogP contribution is 2.19. The zero-order valence-corrected chi connectivity index (χ0v) is 48.2. The quantitative estimate of drug-likeness (QED) is 0.0343. The van der Waals surface area contributed by atoms with E-state index in [2.05, 4.69) is 34.6 Å². The lowest BCUT2D eigenvalue weighted by molar-refractivity contribution is -0.167. The number of ether oxygens (including phenoxy) is 3. The SMILES string of the molecule is CCCCCCCCCCCCCCC(=O)O[C@H](COC(=O)CCCCCCCCCCCCCCCCCCCCC(C)C)COC(=O)CCCCCCCCCCCCCCCCCCC(C)C. The standard InChI is InChI=1S/C64H124O6/c1-6-7-8-9-10-11-12-29-36-41-46-51-56-64(67)70-61(58-69-63(66)55-50-45-40-35-31-26-22-18-17-20-24-28-33-38-43-48-53-60(4)5)57-68-62(65)54-49-44-39-34-30-25-21-16-14-13-15-19-23-27-32-37-42-47-52-59(2)3/h59-61H,6-58H2,1-5H3/t61-/m1/s1. The van der Waals surface area contributed by atoms with Gasteiger partial charge in [0, 0.05) is 19.3 Å². The average Bonchev–Trinajstić information content (AvgIpc) is 3.33. The van der Waals surface area contributed by atoms with Crippen molar-refractivity contribution >= 4 is 17.9 Å². The molecule has 0 saturated heterocycles. The van der Waals surface area contributed by atoms with Gasteiger partial charge in [-0.2, -0.15) is 0 Å². The average molecular weight is 990 g/mol. The van der Waals surface area contributed by atoms with E-state index in [1.54, 1.807) is 0 Å². The second-order valence-electron chi connectivity index (χ2n) is 23.0. The van der Waals surface area contributed by atoms with Gasteiger partial charge in [-0.3, -0.25) is 14.4 Å². The lowest BCUT2D eigenvalue weighted by Crippen LogP contribution is -2.30. The van der Waals surface area contributed by atoms with Gasteiger partial charge in [0.2, 0.25) is 0 Å². The molecule has 0 heterocycles. The minimum Gasteiger partial charge on any atom is -0.462 e. The van der Waals surface area contributed by atoms with Crippen LogP contribution >= 0.6 is 0 Å². The Morgan fingerprint density at radius 1 is 0.271 bits per heavy atom. The van der Waals surface area contributed by atoms with E-state index in [4.69, 9.17) is 14.2 Å². The molecule has 0 aromatic rings. The third-order valence-corrected chi connectivity index (χ3v) is 14.7.